The van der Waals surface area contributed by atoms with E-state index in [0.717, 1.165) is 23.2 Å². The molecule has 23 heavy (non-hydrogen) atoms. The van der Waals surface area contributed by atoms with E-state index in [0.29, 0.717) is 24.3 Å². The molecule has 3 nitrogen and oxygen atoms in total. The zero-order chi connectivity index (χ0) is 16.8. The molecule has 2 rings (SSSR count). The van der Waals surface area contributed by atoms with Crippen LogP contribution in [-0.2, 0) is 12.8 Å². The van der Waals surface area contributed by atoms with Crippen LogP contribution >= 0.6 is 0 Å². The van der Waals surface area contributed by atoms with Crippen molar-refractivity contribution in [2.24, 2.45) is 0 Å². The molecule has 2 N–H and O–H groups in total. The lowest BCUT2D eigenvalue weighted by atomic mass is 10.0. The minimum absolute atomic E-state index is 0.256. The Hall–Kier alpha value is -2.38. The number of aromatic nitrogens is 1. The van der Waals surface area contributed by atoms with Crippen LogP contribution in [0.4, 0.5) is 10.2 Å². The van der Waals surface area contributed by atoms with E-state index in [-0.39, 0.29) is 5.82 Å². The van der Waals surface area contributed by atoms with Gasteiger partial charge in [-0.15, -0.1) is 0 Å². The van der Waals surface area contributed by atoms with Crippen molar-refractivity contribution in [1.29, 1.82) is 0 Å². The second kappa shape index (κ2) is 7.75. The first-order valence-electron chi connectivity index (χ1n) is 7.58. The normalized spacial score (nSPS) is 10.5. The van der Waals surface area contributed by atoms with E-state index >= 15 is 0 Å². The average molecular weight is 311 g/mol. The zero-order valence-electron chi connectivity index (χ0n) is 13.9. The van der Waals surface area contributed by atoms with Gasteiger partial charge in [0.15, 0.2) is 0 Å². The molecule has 0 bridgehead atoms. The summed E-state index contributed by atoms with van der Waals surface area (Å²) >= 11 is 0. The first-order valence-corrected chi connectivity index (χ1v) is 7.58. The van der Waals surface area contributed by atoms with Gasteiger partial charge in [-0.25, -0.2) is 9.37 Å². The van der Waals surface area contributed by atoms with Gasteiger partial charge in [0.1, 0.15) is 11.6 Å². The fourth-order valence-corrected chi connectivity index (χ4v) is 2.34. The zero-order valence-corrected chi connectivity index (χ0v) is 13.9. The molecule has 0 saturated carbocycles. The Morgan fingerprint density at radius 2 is 1.91 bits per heavy atom. The summed E-state index contributed by atoms with van der Waals surface area (Å²) in [7, 11) is 3.90. The van der Waals surface area contributed by atoms with Gasteiger partial charge in [0.2, 0.25) is 0 Å². The highest BCUT2D eigenvalue weighted by molar-refractivity contribution is 5.39. The second-order valence-corrected chi connectivity index (χ2v) is 5.95. The molecule has 1 aromatic heterocycles. The van der Waals surface area contributed by atoms with Crippen LogP contribution in [0.1, 0.15) is 22.4 Å². The van der Waals surface area contributed by atoms with Crippen molar-refractivity contribution in [1.82, 2.24) is 9.88 Å². The number of nitrogens with zero attached hydrogens (tertiary/aromatic N) is 2. The minimum Gasteiger partial charge on any atom is -0.384 e. The summed E-state index contributed by atoms with van der Waals surface area (Å²) in [6, 6.07) is 8.80. The molecule has 0 unspecified atom stereocenters. The van der Waals surface area contributed by atoms with Crippen molar-refractivity contribution in [3.63, 3.8) is 0 Å². The third-order valence-corrected chi connectivity index (χ3v) is 3.30. The first-order chi connectivity index (χ1) is 10.9. The van der Waals surface area contributed by atoms with Crippen LogP contribution in [0.25, 0.3) is 0 Å². The molecule has 0 aliphatic heterocycles. The van der Waals surface area contributed by atoms with Gasteiger partial charge >= 0.3 is 0 Å². The Balaban J connectivity index is 2.10. The van der Waals surface area contributed by atoms with Crippen LogP contribution in [0, 0.1) is 24.6 Å². The van der Waals surface area contributed by atoms with Crippen LogP contribution in [0.2, 0.25) is 0 Å². The van der Waals surface area contributed by atoms with Gasteiger partial charge in [-0.2, -0.15) is 0 Å². The number of aryl methyl sites for hydroxylation is 3. The third kappa shape index (κ3) is 5.72. The highest BCUT2D eigenvalue weighted by Crippen LogP contribution is 2.13. The predicted molar refractivity (Wildman–Crippen MR) is 92.6 cm³/mol. The van der Waals surface area contributed by atoms with Crippen LogP contribution in [0.15, 0.2) is 30.3 Å². The summed E-state index contributed by atoms with van der Waals surface area (Å²) in [5.41, 5.74) is 9.40. The van der Waals surface area contributed by atoms with E-state index in [9.17, 15) is 4.39 Å². The van der Waals surface area contributed by atoms with E-state index in [2.05, 4.69) is 16.8 Å². The van der Waals surface area contributed by atoms with Gasteiger partial charge < -0.3 is 5.73 Å². The molecule has 0 spiro atoms. The topological polar surface area (TPSA) is 42.1 Å². The molecule has 4 heteroatoms. The number of rotatable bonds is 4. The van der Waals surface area contributed by atoms with Gasteiger partial charge in [-0.1, -0.05) is 11.8 Å². The Morgan fingerprint density at radius 1 is 1.13 bits per heavy atom. The number of nitrogens with two attached hydrogens (primary N) is 1. The van der Waals surface area contributed by atoms with Crippen molar-refractivity contribution in [2.45, 2.75) is 19.8 Å². The summed E-state index contributed by atoms with van der Waals surface area (Å²) in [6.07, 6.45) is 1.43. The minimum atomic E-state index is -0.256. The van der Waals surface area contributed by atoms with E-state index < -0.39 is 0 Å². The van der Waals surface area contributed by atoms with Crippen molar-refractivity contribution in [3.05, 3.63) is 58.5 Å². The molecule has 2 aromatic rings. The molecule has 0 aliphatic carbocycles. The lowest BCUT2D eigenvalue weighted by Gasteiger charge is -2.06. The molecule has 0 aliphatic rings. The summed E-state index contributed by atoms with van der Waals surface area (Å²) in [5, 5.41) is 0. The number of halogens is 1. The van der Waals surface area contributed by atoms with Crippen molar-refractivity contribution in [3.8, 4) is 11.8 Å². The molecule has 0 saturated heterocycles. The Labute approximate surface area is 137 Å². The molecular weight excluding hydrogens is 289 g/mol. The Morgan fingerprint density at radius 3 is 2.61 bits per heavy atom. The van der Waals surface area contributed by atoms with Crippen molar-refractivity contribution < 1.29 is 4.39 Å². The second-order valence-electron chi connectivity index (χ2n) is 5.95. The summed E-state index contributed by atoms with van der Waals surface area (Å²) in [4.78, 5) is 6.29. The fourth-order valence-electron chi connectivity index (χ4n) is 2.34. The van der Waals surface area contributed by atoms with E-state index in [4.69, 9.17) is 5.73 Å². The molecule has 0 atom stereocenters. The molecule has 0 amide bonds. The summed E-state index contributed by atoms with van der Waals surface area (Å²) in [5.74, 6) is 6.30. The maximum Gasteiger partial charge on any atom is 0.124 e. The standard InChI is InChI=1S/C19H22FN3/c1-14-9-18(22-19(21)10-14)7-6-16-11-15(12-17(20)13-16)5-4-8-23(2)3/h9-13H,6-8H2,1-3H3,(H2,21,22). The van der Waals surface area contributed by atoms with Crippen LogP contribution in [0.3, 0.4) is 0 Å². The lowest BCUT2D eigenvalue weighted by molar-refractivity contribution is 0.464. The smallest absolute Gasteiger partial charge is 0.124 e. The van der Waals surface area contributed by atoms with Gasteiger partial charge in [-0.3, -0.25) is 4.90 Å². The first kappa shape index (κ1) is 17.0. The van der Waals surface area contributed by atoms with E-state index in [1.165, 1.54) is 6.07 Å². The molecule has 0 radical (unpaired) electrons. The number of nitrogen functional groups attached to an aromatic ring is 1. The molecule has 120 valence electrons. The summed E-state index contributed by atoms with van der Waals surface area (Å²) in [6.45, 7) is 2.64. The van der Waals surface area contributed by atoms with E-state index in [1.807, 2.05) is 44.1 Å². The largest absolute Gasteiger partial charge is 0.384 e. The van der Waals surface area contributed by atoms with Crippen LogP contribution in [-0.4, -0.2) is 30.5 Å². The monoisotopic (exact) mass is 311 g/mol. The van der Waals surface area contributed by atoms with Crippen molar-refractivity contribution >= 4 is 5.82 Å². The maximum atomic E-state index is 13.8. The molecule has 1 aromatic carbocycles. The molecule has 1 heterocycles. The van der Waals surface area contributed by atoms with Crippen LogP contribution < -0.4 is 5.73 Å². The molecule has 0 fully saturated rings. The highest BCUT2D eigenvalue weighted by Gasteiger charge is 2.03. The van der Waals surface area contributed by atoms with Gasteiger partial charge in [0.05, 0.1) is 6.54 Å². The Bertz CT molecular complexity index is 722. The van der Waals surface area contributed by atoms with Crippen LogP contribution in [0.5, 0.6) is 0 Å². The summed E-state index contributed by atoms with van der Waals surface area (Å²) < 4.78 is 13.8. The van der Waals surface area contributed by atoms with Gasteiger partial charge in [-0.05, 0) is 75.3 Å². The maximum absolute atomic E-state index is 13.8. The number of hydrogen-bond donors (Lipinski definition) is 1. The predicted octanol–water partition coefficient (Wildman–Crippen LogP) is 2.81. The van der Waals surface area contributed by atoms with Gasteiger partial charge in [0.25, 0.3) is 0 Å². The third-order valence-electron chi connectivity index (χ3n) is 3.30. The number of pyridine rings is 1. The van der Waals surface area contributed by atoms with Gasteiger partial charge in [0, 0.05) is 11.3 Å². The van der Waals surface area contributed by atoms with E-state index in [1.54, 1.807) is 6.07 Å². The SMILES string of the molecule is Cc1cc(N)nc(CCc2cc(F)cc(C#CCN(C)C)c2)c1. The number of hydrogen-bond acceptors (Lipinski definition) is 3. The Kier molecular flexibility index (Phi) is 5.72. The van der Waals surface area contributed by atoms with Crippen molar-refractivity contribution in [2.75, 3.05) is 26.4 Å². The highest BCUT2D eigenvalue weighted by atomic mass is 19.1. The number of benzene rings is 1. The fraction of sp³-hybridized carbons (Fsp3) is 0.316. The lowest BCUT2D eigenvalue weighted by Crippen LogP contribution is -2.10. The molecular formula is C19H22FN3. The average Bonchev–Trinajstić information content (AvgIpc) is 2.43. The quantitative estimate of drug-likeness (QED) is 0.883. The number of anilines is 1.